The maximum atomic E-state index is 12.7. The molecule has 174 valence electrons. The normalized spacial score (nSPS) is 20.3. The average molecular weight is 522 g/mol. The first kappa shape index (κ1) is 22.7. The van der Waals surface area contributed by atoms with Crippen molar-refractivity contribution in [3.05, 3.63) is 78.9 Å². The number of hydrogen-bond acceptors (Lipinski definition) is 6. The van der Waals surface area contributed by atoms with Gasteiger partial charge in [0.15, 0.2) is 0 Å². The number of fused-ring (bicyclic) bond motifs is 1. The Bertz CT molecular complexity index is 1250. The molecule has 9 heteroatoms. The zero-order valence-corrected chi connectivity index (χ0v) is 20.4. The molecule has 1 aliphatic rings. The van der Waals surface area contributed by atoms with Gasteiger partial charge in [-0.2, -0.15) is 0 Å². The molecule has 1 N–H and O–H groups in total. The number of nitrogens with one attached hydrogen (secondary N) is 1. The van der Waals surface area contributed by atoms with Crippen LogP contribution in [0.4, 0.5) is 5.82 Å². The molecule has 2 aromatic carbocycles. The van der Waals surface area contributed by atoms with Crippen LogP contribution in [0.15, 0.2) is 73.3 Å². The summed E-state index contributed by atoms with van der Waals surface area (Å²) in [5.41, 5.74) is 1.79. The molecule has 3 atom stereocenters. The molecule has 1 saturated heterocycles. The summed E-state index contributed by atoms with van der Waals surface area (Å²) in [6.45, 7) is 2.60. The number of benzene rings is 2. The molecule has 8 nitrogen and oxygen atoms in total. The predicted octanol–water partition coefficient (Wildman–Crippen LogP) is 3.15. The van der Waals surface area contributed by atoms with Gasteiger partial charge in [0.2, 0.25) is 0 Å². The zero-order chi connectivity index (χ0) is 23.3. The van der Waals surface area contributed by atoms with Crippen LogP contribution < -0.4 is 9.78 Å². The molecule has 2 aromatic heterocycles. The van der Waals surface area contributed by atoms with E-state index in [9.17, 15) is 4.79 Å². The third-order valence-electron chi connectivity index (χ3n) is 5.63. The SMILES string of the molecule is CCOC1CC[C@@H](n2cnc3c(NC(=O)c4ccccc4)ncnc32)[C@H]([Se]c2ccccc2)O1. The number of rotatable bonds is 7. The summed E-state index contributed by atoms with van der Waals surface area (Å²) in [6.07, 6.45) is 4.71. The van der Waals surface area contributed by atoms with Gasteiger partial charge in [-0.25, -0.2) is 0 Å². The summed E-state index contributed by atoms with van der Waals surface area (Å²) in [6, 6.07) is 19.5. The molecule has 5 rings (SSSR count). The van der Waals surface area contributed by atoms with E-state index in [0.29, 0.717) is 29.2 Å². The number of imidazole rings is 1. The predicted molar refractivity (Wildman–Crippen MR) is 130 cm³/mol. The van der Waals surface area contributed by atoms with Gasteiger partial charge in [-0.15, -0.1) is 0 Å². The molecular formula is C25H25N5O3Se. The Morgan fingerprint density at radius 1 is 1.09 bits per heavy atom. The number of carbonyl (C=O) groups is 1. The van der Waals surface area contributed by atoms with Crippen LogP contribution in [-0.2, 0) is 9.47 Å². The van der Waals surface area contributed by atoms with Gasteiger partial charge >= 0.3 is 204 Å². The minimum atomic E-state index is -0.235. The van der Waals surface area contributed by atoms with E-state index in [0.717, 1.165) is 12.8 Å². The molecule has 1 fully saturated rings. The van der Waals surface area contributed by atoms with Crippen molar-refractivity contribution >= 4 is 42.3 Å². The van der Waals surface area contributed by atoms with Gasteiger partial charge in [-0.3, -0.25) is 0 Å². The summed E-state index contributed by atoms with van der Waals surface area (Å²) < 4.78 is 15.5. The fraction of sp³-hybridized carbons (Fsp3) is 0.280. The summed E-state index contributed by atoms with van der Waals surface area (Å²) in [4.78, 5) is 26.1. The maximum absolute atomic E-state index is 12.7. The standard InChI is InChI=1S/C25H25N5O3Se/c1-2-32-20-14-13-19(25(33-20)34-18-11-7-4-8-12-18)30-16-28-21-22(26-15-27-23(21)30)29-24(31)17-9-5-3-6-10-17/h3-12,15-16,19-20,25H,2,13-14H2,1H3,(H,26,27,29,31)/t19-,20?,25+/m1/s1. The van der Waals surface area contributed by atoms with Crippen molar-refractivity contribution < 1.29 is 14.3 Å². The van der Waals surface area contributed by atoms with E-state index in [4.69, 9.17) is 9.47 Å². The monoisotopic (exact) mass is 523 g/mol. The van der Waals surface area contributed by atoms with Gasteiger partial charge in [0.25, 0.3) is 0 Å². The molecule has 1 unspecified atom stereocenters. The Labute approximate surface area is 203 Å². The van der Waals surface area contributed by atoms with Gasteiger partial charge in [-0.1, -0.05) is 0 Å². The molecule has 0 saturated carbocycles. The number of nitrogens with zero attached hydrogens (tertiary/aromatic N) is 4. The van der Waals surface area contributed by atoms with Crippen molar-refractivity contribution in [2.45, 2.75) is 37.1 Å². The van der Waals surface area contributed by atoms with Crippen molar-refractivity contribution in [3.63, 3.8) is 0 Å². The first-order valence-electron chi connectivity index (χ1n) is 11.3. The first-order valence-corrected chi connectivity index (χ1v) is 13.1. The first-order chi connectivity index (χ1) is 16.7. The molecule has 3 heterocycles. The average Bonchev–Trinajstić information content (AvgIpc) is 3.31. The van der Waals surface area contributed by atoms with Crippen molar-refractivity contribution in [3.8, 4) is 0 Å². The van der Waals surface area contributed by atoms with Gasteiger partial charge < -0.3 is 0 Å². The Morgan fingerprint density at radius 2 is 1.85 bits per heavy atom. The van der Waals surface area contributed by atoms with E-state index in [1.165, 1.54) is 10.8 Å². The molecule has 34 heavy (non-hydrogen) atoms. The van der Waals surface area contributed by atoms with Crippen LogP contribution in [0.1, 0.15) is 36.2 Å². The number of anilines is 1. The molecule has 0 radical (unpaired) electrons. The summed E-state index contributed by atoms with van der Waals surface area (Å²) >= 11 is 0.0652. The van der Waals surface area contributed by atoms with E-state index >= 15 is 0 Å². The zero-order valence-electron chi connectivity index (χ0n) is 18.7. The second-order valence-corrected chi connectivity index (χ2v) is 10.3. The molecule has 1 aliphatic heterocycles. The topological polar surface area (TPSA) is 91.2 Å². The van der Waals surface area contributed by atoms with Gasteiger partial charge in [0.05, 0.1) is 0 Å². The Kier molecular flexibility index (Phi) is 6.97. The van der Waals surface area contributed by atoms with E-state index < -0.39 is 0 Å². The van der Waals surface area contributed by atoms with Crippen LogP contribution in [0.3, 0.4) is 0 Å². The van der Waals surface area contributed by atoms with Gasteiger partial charge in [-0.05, 0) is 0 Å². The van der Waals surface area contributed by atoms with E-state index in [2.05, 4.69) is 49.1 Å². The van der Waals surface area contributed by atoms with Crippen molar-refractivity contribution in [2.75, 3.05) is 11.9 Å². The second kappa shape index (κ2) is 10.4. The van der Waals surface area contributed by atoms with Gasteiger partial charge in [0, 0.05) is 0 Å². The Morgan fingerprint density at radius 3 is 2.62 bits per heavy atom. The molecule has 0 bridgehead atoms. The summed E-state index contributed by atoms with van der Waals surface area (Å²) in [5.74, 6) is 0.160. The Hall–Kier alpha value is -3.10. The molecule has 0 spiro atoms. The number of aromatic nitrogens is 4. The van der Waals surface area contributed by atoms with Crippen molar-refractivity contribution in [2.24, 2.45) is 0 Å². The molecule has 1 amide bonds. The Balaban J connectivity index is 1.44. The molecule has 4 aromatic rings. The van der Waals surface area contributed by atoms with Crippen LogP contribution in [0, 0.1) is 0 Å². The van der Waals surface area contributed by atoms with E-state index in [1.807, 2.05) is 31.2 Å². The molecule has 0 aliphatic carbocycles. The third kappa shape index (κ3) is 4.88. The quantitative estimate of drug-likeness (QED) is 0.375. The number of hydrogen-bond donors (Lipinski definition) is 1. The fourth-order valence-corrected chi connectivity index (χ4v) is 6.51. The van der Waals surface area contributed by atoms with Crippen LogP contribution >= 0.6 is 0 Å². The fourth-order valence-electron chi connectivity index (χ4n) is 4.02. The van der Waals surface area contributed by atoms with Crippen molar-refractivity contribution in [1.82, 2.24) is 19.5 Å². The third-order valence-corrected chi connectivity index (χ3v) is 8.15. The van der Waals surface area contributed by atoms with E-state index in [-0.39, 0.29) is 38.2 Å². The number of carbonyl (C=O) groups excluding carboxylic acids is 1. The van der Waals surface area contributed by atoms with Gasteiger partial charge in [0.1, 0.15) is 0 Å². The summed E-state index contributed by atoms with van der Waals surface area (Å²) in [5, 5.41) is 2.83. The van der Waals surface area contributed by atoms with Crippen LogP contribution in [0.2, 0.25) is 0 Å². The molecular weight excluding hydrogens is 497 g/mol. The summed E-state index contributed by atoms with van der Waals surface area (Å²) in [7, 11) is 0. The van der Waals surface area contributed by atoms with E-state index in [1.54, 1.807) is 18.5 Å². The second-order valence-electron chi connectivity index (χ2n) is 7.83. The minimum absolute atomic E-state index is 0.0464. The number of amides is 1. The van der Waals surface area contributed by atoms with Crippen LogP contribution in [-0.4, -0.2) is 58.3 Å². The number of ether oxygens (including phenoxy) is 2. The van der Waals surface area contributed by atoms with Crippen molar-refractivity contribution in [1.29, 1.82) is 0 Å². The van der Waals surface area contributed by atoms with Crippen LogP contribution in [0.25, 0.3) is 11.2 Å². The van der Waals surface area contributed by atoms with Crippen LogP contribution in [0.5, 0.6) is 0 Å².